The zero-order valence-electron chi connectivity index (χ0n) is 18.8. The standard InChI is InChI=1S/C24H26N4O5/c1-15(29)25-18-8-6-16(7-9-18)22-26-23(33-27-22)17-5-4-12-28(14-17)24(30)20-11-10-19(31-2)13-21(20)32-3/h6-11,13,17H,4-5,12,14H2,1-3H3,(H,25,29)/t17-/m0/s1. The van der Waals surface area contributed by atoms with Gasteiger partial charge in [-0.3, -0.25) is 9.59 Å². The van der Waals surface area contributed by atoms with Gasteiger partial charge in [-0.25, -0.2) is 0 Å². The van der Waals surface area contributed by atoms with Gasteiger partial charge in [0.1, 0.15) is 11.5 Å². The summed E-state index contributed by atoms with van der Waals surface area (Å²) in [5.41, 5.74) is 1.97. The van der Waals surface area contributed by atoms with Crippen LogP contribution in [0, 0.1) is 0 Å². The van der Waals surface area contributed by atoms with E-state index in [1.165, 1.54) is 14.0 Å². The SMILES string of the molecule is COc1ccc(C(=O)N2CCC[C@H](c3nc(-c4ccc(NC(C)=O)cc4)no3)C2)c(OC)c1. The first-order chi connectivity index (χ1) is 16.0. The van der Waals surface area contributed by atoms with Gasteiger partial charge in [0.05, 0.1) is 25.7 Å². The van der Waals surface area contributed by atoms with Crippen molar-refractivity contribution in [2.45, 2.75) is 25.7 Å². The maximum absolute atomic E-state index is 13.2. The minimum absolute atomic E-state index is 0.0492. The highest BCUT2D eigenvalue weighted by atomic mass is 16.5. The zero-order chi connectivity index (χ0) is 23.4. The Kier molecular flexibility index (Phi) is 6.58. The third-order valence-corrected chi connectivity index (χ3v) is 5.60. The van der Waals surface area contributed by atoms with Crippen LogP contribution in [-0.4, -0.2) is 54.2 Å². The molecule has 33 heavy (non-hydrogen) atoms. The minimum atomic E-state index is -0.131. The molecule has 1 aromatic heterocycles. The van der Waals surface area contributed by atoms with Gasteiger partial charge in [-0.1, -0.05) is 5.16 Å². The molecule has 0 bridgehead atoms. The first kappa shape index (κ1) is 22.3. The highest BCUT2D eigenvalue weighted by Crippen LogP contribution is 2.31. The summed E-state index contributed by atoms with van der Waals surface area (Å²) in [5.74, 6) is 1.80. The minimum Gasteiger partial charge on any atom is -0.497 e. The zero-order valence-corrected chi connectivity index (χ0v) is 18.8. The number of carbonyl (C=O) groups excluding carboxylic acids is 2. The Hall–Kier alpha value is -3.88. The number of likely N-dealkylation sites (tertiary alicyclic amines) is 1. The Morgan fingerprint density at radius 3 is 2.61 bits per heavy atom. The van der Waals surface area contributed by atoms with Crippen molar-refractivity contribution in [1.29, 1.82) is 0 Å². The molecular weight excluding hydrogens is 424 g/mol. The summed E-state index contributed by atoms with van der Waals surface area (Å²) in [6.45, 7) is 2.59. The van der Waals surface area contributed by atoms with Crippen LogP contribution in [0.5, 0.6) is 11.5 Å². The molecule has 0 saturated carbocycles. The predicted octanol–water partition coefficient (Wildman–Crippen LogP) is 3.73. The third-order valence-electron chi connectivity index (χ3n) is 5.60. The molecule has 1 atom stereocenters. The van der Waals surface area contributed by atoms with E-state index in [1.807, 2.05) is 12.1 Å². The van der Waals surface area contributed by atoms with E-state index < -0.39 is 0 Å². The second-order valence-corrected chi connectivity index (χ2v) is 7.87. The van der Waals surface area contributed by atoms with Gasteiger partial charge < -0.3 is 24.2 Å². The quantitative estimate of drug-likeness (QED) is 0.610. The molecule has 0 spiro atoms. The summed E-state index contributed by atoms with van der Waals surface area (Å²) < 4.78 is 16.2. The molecule has 2 aromatic carbocycles. The lowest BCUT2D eigenvalue weighted by Gasteiger charge is -2.31. The highest BCUT2D eigenvalue weighted by molar-refractivity contribution is 5.97. The molecule has 2 amide bonds. The monoisotopic (exact) mass is 450 g/mol. The van der Waals surface area contributed by atoms with Gasteiger partial charge in [-0.05, 0) is 49.2 Å². The lowest BCUT2D eigenvalue weighted by molar-refractivity contribution is -0.114. The van der Waals surface area contributed by atoms with Crippen molar-refractivity contribution in [3.8, 4) is 22.9 Å². The van der Waals surface area contributed by atoms with E-state index in [0.29, 0.717) is 47.6 Å². The number of carbonyl (C=O) groups is 2. The molecule has 1 aliphatic heterocycles. The third kappa shape index (κ3) is 4.97. The fourth-order valence-electron chi connectivity index (χ4n) is 3.93. The van der Waals surface area contributed by atoms with E-state index >= 15 is 0 Å². The molecule has 1 aliphatic rings. The second-order valence-electron chi connectivity index (χ2n) is 7.87. The van der Waals surface area contributed by atoms with Gasteiger partial charge >= 0.3 is 0 Å². The van der Waals surface area contributed by atoms with E-state index in [0.717, 1.165) is 18.4 Å². The number of hydrogen-bond acceptors (Lipinski definition) is 7. The van der Waals surface area contributed by atoms with Crippen LogP contribution < -0.4 is 14.8 Å². The summed E-state index contributed by atoms with van der Waals surface area (Å²) in [7, 11) is 3.11. The van der Waals surface area contributed by atoms with Crippen LogP contribution in [0.2, 0.25) is 0 Å². The number of nitrogens with zero attached hydrogens (tertiary/aromatic N) is 3. The van der Waals surface area contributed by atoms with Gasteiger partial charge in [0.25, 0.3) is 5.91 Å². The van der Waals surface area contributed by atoms with Crippen molar-refractivity contribution in [1.82, 2.24) is 15.0 Å². The van der Waals surface area contributed by atoms with E-state index in [2.05, 4.69) is 15.5 Å². The van der Waals surface area contributed by atoms with E-state index in [1.54, 1.807) is 42.3 Å². The number of rotatable bonds is 6. The van der Waals surface area contributed by atoms with Crippen molar-refractivity contribution < 1.29 is 23.6 Å². The summed E-state index contributed by atoms with van der Waals surface area (Å²) >= 11 is 0. The molecule has 1 fully saturated rings. The molecule has 3 aromatic rings. The number of methoxy groups -OCH3 is 2. The number of aromatic nitrogens is 2. The molecule has 0 unspecified atom stereocenters. The topological polar surface area (TPSA) is 107 Å². The average Bonchev–Trinajstić information content (AvgIpc) is 3.34. The number of piperidine rings is 1. The van der Waals surface area contributed by atoms with Crippen molar-refractivity contribution in [3.63, 3.8) is 0 Å². The molecule has 1 saturated heterocycles. The molecule has 2 heterocycles. The van der Waals surface area contributed by atoms with E-state index in [-0.39, 0.29) is 17.7 Å². The molecule has 4 rings (SSSR count). The molecule has 172 valence electrons. The molecule has 9 heteroatoms. The number of anilines is 1. The van der Waals surface area contributed by atoms with E-state index in [4.69, 9.17) is 14.0 Å². The smallest absolute Gasteiger partial charge is 0.257 e. The van der Waals surface area contributed by atoms with Crippen LogP contribution in [0.3, 0.4) is 0 Å². The van der Waals surface area contributed by atoms with Crippen LogP contribution >= 0.6 is 0 Å². The molecule has 9 nitrogen and oxygen atoms in total. The Morgan fingerprint density at radius 1 is 1.12 bits per heavy atom. The van der Waals surface area contributed by atoms with Crippen LogP contribution in [0.1, 0.15) is 41.9 Å². The molecule has 0 radical (unpaired) electrons. The Bertz CT molecular complexity index is 1140. The van der Waals surface area contributed by atoms with Gasteiger partial charge in [0, 0.05) is 37.3 Å². The maximum atomic E-state index is 13.2. The number of hydrogen-bond donors (Lipinski definition) is 1. The average molecular weight is 450 g/mol. The summed E-state index contributed by atoms with van der Waals surface area (Å²) in [6, 6.07) is 12.4. The van der Waals surface area contributed by atoms with Crippen LogP contribution in [0.15, 0.2) is 47.0 Å². The lowest BCUT2D eigenvalue weighted by Crippen LogP contribution is -2.39. The van der Waals surface area contributed by atoms with Gasteiger partial charge in [-0.2, -0.15) is 4.98 Å². The van der Waals surface area contributed by atoms with Crippen molar-refractivity contribution in [2.24, 2.45) is 0 Å². The lowest BCUT2D eigenvalue weighted by atomic mass is 9.97. The van der Waals surface area contributed by atoms with Crippen molar-refractivity contribution in [3.05, 3.63) is 53.9 Å². The summed E-state index contributed by atoms with van der Waals surface area (Å²) in [5, 5.41) is 6.84. The second kappa shape index (κ2) is 9.72. The van der Waals surface area contributed by atoms with Crippen LogP contribution in [0.4, 0.5) is 5.69 Å². The largest absolute Gasteiger partial charge is 0.497 e. The fourth-order valence-corrected chi connectivity index (χ4v) is 3.93. The van der Waals surface area contributed by atoms with E-state index in [9.17, 15) is 9.59 Å². The molecular formula is C24H26N4O5. The molecule has 0 aliphatic carbocycles. The van der Waals surface area contributed by atoms with Crippen molar-refractivity contribution in [2.75, 3.05) is 32.6 Å². The first-order valence-electron chi connectivity index (χ1n) is 10.7. The Labute approximate surface area is 191 Å². The van der Waals surface area contributed by atoms with Crippen LogP contribution in [0.25, 0.3) is 11.4 Å². The van der Waals surface area contributed by atoms with Gasteiger partial charge in [0.15, 0.2) is 0 Å². The van der Waals surface area contributed by atoms with Gasteiger partial charge in [0.2, 0.25) is 17.6 Å². The highest BCUT2D eigenvalue weighted by Gasteiger charge is 2.30. The van der Waals surface area contributed by atoms with Crippen molar-refractivity contribution >= 4 is 17.5 Å². The summed E-state index contributed by atoms with van der Waals surface area (Å²) in [4.78, 5) is 30.8. The number of amides is 2. The fraction of sp³-hybridized carbons (Fsp3) is 0.333. The number of benzene rings is 2. The Balaban J connectivity index is 1.48. The van der Waals surface area contributed by atoms with Gasteiger partial charge in [-0.15, -0.1) is 0 Å². The van der Waals surface area contributed by atoms with Crippen LogP contribution in [-0.2, 0) is 4.79 Å². The predicted molar refractivity (Wildman–Crippen MR) is 121 cm³/mol. The normalized spacial score (nSPS) is 15.7. The number of nitrogens with one attached hydrogen (secondary N) is 1. The number of ether oxygens (including phenoxy) is 2. The summed E-state index contributed by atoms with van der Waals surface area (Å²) in [6.07, 6.45) is 1.69. The molecule has 1 N–H and O–H groups in total. The Morgan fingerprint density at radius 2 is 1.91 bits per heavy atom. The first-order valence-corrected chi connectivity index (χ1v) is 10.7. The maximum Gasteiger partial charge on any atom is 0.257 e.